The van der Waals surface area contributed by atoms with Crippen molar-refractivity contribution < 1.29 is 61.1 Å². The van der Waals surface area contributed by atoms with Crippen molar-refractivity contribution in [2.45, 2.75) is 30.6 Å². The molecule has 0 aliphatic carbocycles. The third kappa shape index (κ3) is 8.22. The number of carbonyl (C=O) groups excluding carboxylic acids is 1. The van der Waals surface area contributed by atoms with E-state index in [0.29, 0.717) is 15.9 Å². The summed E-state index contributed by atoms with van der Waals surface area (Å²) in [6.45, 7) is -0.966. The van der Waals surface area contributed by atoms with Crippen LogP contribution in [0.5, 0.6) is 0 Å². The van der Waals surface area contributed by atoms with Crippen LogP contribution in [0.4, 0.5) is 5.95 Å². The molecule has 24 heteroatoms. The number of phosphoric ester groups is 1. The molecule has 0 spiro atoms. The molecule has 1 aromatic carbocycles. The molecule has 5 atom stereocenters. The lowest BCUT2D eigenvalue weighted by molar-refractivity contribution is -0.221. The molecule has 0 radical (unpaired) electrons. The number of aromatic nitrogens is 4. The van der Waals surface area contributed by atoms with Gasteiger partial charge in [-0.1, -0.05) is 39.8 Å². The van der Waals surface area contributed by atoms with Gasteiger partial charge in [0.2, 0.25) is 5.95 Å². The standard InChI is InChI=1S/C19H24N5O14P3S2/c1-42-43-8-10-4-2-3-5-11(10)17(26)24-18(27)15-16(22-19(24)20)23(9-21-15)14-6-12(25)13(36-14)7-35-40(31,32)38-41(33,34)37-39(28,29)30/h2-5,9,12-14,25H,6-8H2,1H3,(H2,20,22)(H,31,32)(H,33,34)(H2,28,29,30)/p-1/t12?,13-,14-/m1/s1. The van der Waals surface area contributed by atoms with E-state index >= 15 is 0 Å². The van der Waals surface area contributed by atoms with Crippen LogP contribution in [-0.2, 0) is 37.3 Å². The zero-order valence-corrected chi connectivity index (χ0v) is 26.0. The molecule has 6 N–H and O–H groups in total. The monoisotopic (exact) mass is 702 g/mol. The van der Waals surface area contributed by atoms with Gasteiger partial charge in [0.05, 0.1) is 19.0 Å². The number of aliphatic hydroxyl groups is 1. The molecule has 236 valence electrons. The summed E-state index contributed by atoms with van der Waals surface area (Å²) in [5, 5.41) is 10.4. The fraction of sp³-hybridized carbons (Fsp3) is 0.368. The molecule has 2 aromatic heterocycles. The Labute approximate surface area is 249 Å². The van der Waals surface area contributed by atoms with Gasteiger partial charge < -0.3 is 39.7 Å². The number of rotatable bonds is 12. The number of nitrogen functional groups attached to an aromatic ring is 1. The zero-order valence-electron chi connectivity index (χ0n) is 21.6. The predicted molar refractivity (Wildman–Crippen MR) is 149 cm³/mol. The number of imidazole rings is 1. The van der Waals surface area contributed by atoms with Gasteiger partial charge in [-0.05, 0) is 17.9 Å². The number of fused-ring (bicyclic) bond motifs is 1. The minimum Gasteiger partial charge on any atom is -0.756 e. The van der Waals surface area contributed by atoms with E-state index in [-0.39, 0.29) is 23.1 Å². The summed E-state index contributed by atoms with van der Waals surface area (Å²) >= 11 is 0. The van der Waals surface area contributed by atoms with Crippen molar-refractivity contribution in [1.29, 1.82) is 0 Å². The molecule has 1 aliphatic heterocycles. The smallest absolute Gasteiger partial charge is 0.487 e. The third-order valence-corrected chi connectivity index (χ3v) is 11.2. The maximum absolute atomic E-state index is 13.4. The van der Waals surface area contributed by atoms with Crippen molar-refractivity contribution in [3.8, 4) is 0 Å². The fourth-order valence-electron chi connectivity index (χ4n) is 3.99. The summed E-state index contributed by atoms with van der Waals surface area (Å²) in [6.07, 6.45) is -1.04. The first kappa shape index (κ1) is 34.0. The highest BCUT2D eigenvalue weighted by Crippen LogP contribution is 2.65. The molecule has 3 aromatic rings. The van der Waals surface area contributed by atoms with Crippen molar-refractivity contribution in [2.75, 3.05) is 18.6 Å². The van der Waals surface area contributed by atoms with Gasteiger partial charge in [0.15, 0.2) is 11.2 Å². The minimum absolute atomic E-state index is 0.106. The van der Waals surface area contributed by atoms with E-state index in [0.717, 1.165) is 6.33 Å². The van der Waals surface area contributed by atoms with Crippen LogP contribution in [0.15, 0.2) is 35.4 Å². The van der Waals surface area contributed by atoms with E-state index in [1.165, 1.54) is 26.2 Å². The molecule has 4 rings (SSSR count). The number of hydrogen-bond donors (Lipinski definition) is 5. The summed E-state index contributed by atoms with van der Waals surface area (Å²) in [5.41, 5.74) is 5.72. The molecule has 19 nitrogen and oxygen atoms in total. The highest BCUT2D eigenvalue weighted by Gasteiger charge is 2.40. The molecule has 43 heavy (non-hydrogen) atoms. The Morgan fingerprint density at radius 2 is 1.93 bits per heavy atom. The van der Waals surface area contributed by atoms with Crippen molar-refractivity contribution >= 4 is 68.1 Å². The number of carbonyl (C=O) groups is 1. The number of nitrogens with zero attached hydrogens (tertiary/aromatic N) is 4. The molecule has 0 amide bonds. The quantitative estimate of drug-likeness (QED) is 0.128. The van der Waals surface area contributed by atoms with Gasteiger partial charge in [0.1, 0.15) is 12.3 Å². The Morgan fingerprint density at radius 1 is 1.23 bits per heavy atom. The van der Waals surface area contributed by atoms with E-state index in [2.05, 4.69) is 23.1 Å². The van der Waals surface area contributed by atoms with Crippen molar-refractivity contribution in [2.24, 2.45) is 0 Å². The van der Waals surface area contributed by atoms with Crippen molar-refractivity contribution in [3.63, 3.8) is 0 Å². The molecular formula is C19H23N5O14P3S2-. The molecule has 1 aliphatic rings. The average Bonchev–Trinajstić information content (AvgIpc) is 3.47. The lowest BCUT2D eigenvalue weighted by Gasteiger charge is -2.26. The molecule has 1 saturated heterocycles. The Kier molecular flexibility index (Phi) is 10.4. The highest BCUT2D eigenvalue weighted by atomic mass is 33.1. The third-order valence-electron chi connectivity index (χ3n) is 5.73. The summed E-state index contributed by atoms with van der Waals surface area (Å²) < 4.78 is 53.1. The van der Waals surface area contributed by atoms with Gasteiger partial charge in [-0.25, -0.2) is 23.0 Å². The second-order valence-electron chi connectivity index (χ2n) is 8.62. The van der Waals surface area contributed by atoms with Gasteiger partial charge in [-0.15, -0.1) is 0 Å². The molecule has 0 saturated carbocycles. The number of phosphoric acid groups is 3. The number of benzene rings is 1. The van der Waals surface area contributed by atoms with E-state index in [1.54, 1.807) is 24.3 Å². The maximum atomic E-state index is 13.4. The number of hydrogen-bond acceptors (Lipinski definition) is 16. The number of aliphatic hydroxyl groups excluding tert-OH is 1. The van der Waals surface area contributed by atoms with Gasteiger partial charge >= 0.3 is 15.6 Å². The van der Waals surface area contributed by atoms with Crippen LogP contribution in [0.1, 0.15) is 28.6 Å². The highest BCUT2D eigenvalue weighted by molar-refractivity contribution is 8.76. The SMILES string of the molecule is CSSCc1ccccc1C(=O)n1c(N)nc2c(ncn2[C@H]2CC(O)[C@@H](COP(=O)([O-])OP(=O)(O)OP(=O)(O)O)O2)c1=O. The molecule has 3 heterocycles. The van der Waals surface area contributed by atoms with Crippen LogP contribution < -0.4 is 16.2 Å². The second kappa shape index (κ2) is 13.2. The van der Waals surface area contributed by atoms with E-state index in [9.17, 15) is 38.2 Å². The normalized spacial score (nSPS) is 22.0. The average molecular weight is 702 g/mol. The first-order valence-electron chi connectivity index (χ1n) is 11.7. The Bertz CT molecular complexity index is 1730. The van der Waals surface area contributed by atoms with Crippen LogP contribution in [0.2, 0.25) is 0 Å². The van der Waals surface area contributed by atoms with Gasteiger partial charge in [0, 0.05) is 17.7 Å². The summed E-state index contributed by atoms with van der Waals surface area (Å²) in [4.78, 5) is 73.1. The maximum Gasteiger partial charge on any atom is 0.487 e. The fourth-order valence-corrected chi connectivity index (χ4v) is 8.21. The molecule has 0 bridgehead atoms. The van der Waals surface area contributed by atoms with Crippen LogP contribution in [0.3, 0.4) is 0 Å². The lowest BCUT2D eigenvalue weighted by Crippen LogP contribution is -2.31. The largest absolute Gasteiger partial charge is 0.756 e. The minimum atomic E-state index is -5.80. The van der Waals surface area contributed by atoms with Gasteiger partial charge in [-0.3, -0.25) is 18.7 Å². The van der Waals surface area contributed by atoms with Crippen LogP contribution in [-0.4, -0.2) is 69.9 Å². The summed E-state index contributed by atoms with van der Waals surface area (Å²) in [5.74, 6) is -0.676. The van der Waals surface area contributed by atoms with Crippen LogP contribution in [0.25, 0.3) is 11.2 Å². The summed E-state index contributed by atoms with van der Waals surface area (Å²) in [6, 6.07) is 6.70. The second-order valence-corrected chi connectivity index (χ2v) is 15.6. The number of ether oxygens (including phenoxy) is 1. The molecular weight excluding hydrogens is 679 g/mol. The van der Waals surface area contributed by atoms with Crippen molar-refractivity contribution in [1.82, 2.24) is 19.1 Å². The predicted octanol–water partition coefficient (Wildman–Crippen LogP) is 0.735. The number of anilines is 1. The Balaban J connectivity index is 1.52. The van der Waals surface area contributed by atoms with E-state index in [1.807, 2.05) is 6.26 Å². The lowest BCUT2D eigenvalue weighted by atomic mass is 10.1. The Morgan fingerprint density at radius 3 is 2.60 bits per heavy atom. The molecule has 3 unspecified atom stereocenters. The zero-order chi connectivity index (χ0) is 31.7. The first-order chi connectivity index (χ1) is 20.0. The topological polar surface area (TPSA) is 288 Å². The van der Waals surface area contributed by atoms with E-state index in [4.69, 9.17) is 20.3 Å². The Hall–Kier alpha value is -1.93. The van der Waals surface area contributed by atoms with Gasteiger partial charge in [-0.2, -0.15) is 9.29 Å². The first-order valence-corrected chi connectivity index (χ1v) is 18.9. The number of nitrogens with two attached hydrogens (primary N) is 1. The van der Waals surface area contributed by atoms with Gasteiger partial charge in [0.25, 0.3) is 19.3 Å². The van der Waals surface area contributed by atoms with E-state index < -0.39 is 65.9 Å². The van der Waals surface area contributed by atoms with Crippen LogP contribution >= 0.6 is 45.1 Å². The summed E-state index contributed by atoms with van der Waals surface area (Å²) in [7, 11) is -14.1. The van der Waals surface area contributed by atoms with Crippen molar-refractivity contribution in [3.05, 3.63) is 52.1 Å². The van der Waals surface area contributed by atoms with Crippen LogP contribution in [0, 0.1) is 0 Å². The molecule has 1 fully saturated rings.